The van der Waals surface area contributed by atoms with E-state index in [1.165, 1.54) is 0 Å². The third kappa shape index (κ3) is 4.24. The Morgan fingerprint density at radius 1 is 1.50 bits per heavy atom. The van der Waals surface area contributed by atoms with Crippen LogP contribution in [0.25, 0.3) is 0 Å². The molecule has 1 saturated heterocycles. The van der Waals surface area contributed by atoms with Gasteiger partial charge in [0.1, 0.15) is 18.5 Å². The van der Waals surface area contributed by atoms with Crippen molar-refractivity contribution in [2.75, 3.05) is 39.5 Å². The number of hydrogen-bond donors (Lipinski definition) is 1. The summed E-state index contributed by atoms with van der Waals surface area (Å²) in [6.45, 7) is 3.84. The van der Waals surface area contributed by atoms with Gasteiger partial charge in [-0.1, -0.05) is 22.0 Å². The fraction of sp³-hybridized carbons (Fsp3) is 0.538. The van der Waals surface area contributed by atoms with Crippen molar-refractivity contribution < 1.29 is 14.6 Å². The van der Waals surface area contributed by atoms with Crippen LogP contribution in [-0.2, 0) is 4.74 Å². The summed E-state index contributed by atoms with van der Waals surface area (Å²) in [6.07, 6.45) is 0.0734. The molecule has 1 aliphatic rings. The Morgan fingerprint density at radius 2 is 2.39 bits per heavy atom. The molecule has 0 saturated carbocycles. The summed E-state index contributed by atoms with van der Waals surface area (Å²) < 4.78 is 12.4. The van der Waals surface area contributed by atoms with Gasteiger partial charge >= 0.3 is 0 Å². The van der Waals surface area contributed by atoms with Crippen LogP contribution >= 0.6 is 15.9 Å². The van der Waals surface area contributed by atoms with Gasteiger partial charge in [-0.25, -0.2) is 0 Å². The summed E-state index contributed by atoms with van der Waals surface area (Å²) in [5.41, 5.74) is 0. The van der Waals surface area contributed by atoms with Gasteiger partial charge in [-0.3, -0.25) is 4.90 Å². The number of hydrogen-bond acceptors (Lipinski definition) is 4. The van der Waals surface area contributed by atoms with E-state index in [9.17, 15) is 0 Å². The molecule has 1 fully saturated rings. The number of nitrogens with zero attached hydrogens (tertiary/aromatic N) is 1. The van der Waals surface area contributed by atoms with Crippen molar-refractivity contribution in [2.45, 2.75) is 6.10 Å². The van der Waals surface area contributed by atoms with E-state index < -0.39 is 0 Å². The number of morpholine rings is 1. The van der Waals surface area contributed by atoms with E-state index in [2.05, 4.69) is 20.8 Å². The van der Waals surface area contributed by atoms with Crippen LogP contribution in [0.15, 0.2) is 28.7 Å². The van der Waals surface area contributed by atoms with Crippen molar-refractivity contribution in [3.05, 3.63) is 28.7 Å². The molecule has 2 rings (SSSR count). The Kier molecular flexibility index (Phi) is 5.44. The third-order valence-corrected chi connectivity index (χ3v) is 3.36. The quantitative estimate of drug-likeness (QED) is 0.894. The second-order valence-corrected chi connectivity index (χ2v) is 5.20. The molecule has 1 aromatic rings. The number of β-amino-alcohol motifs (C(OH)–C–C–N with tert-alkyl or cyclic N) is 1. The predicted octanol–water partition coefficient (Wildman–Crippen LogP) is 1.52. The van der Waals surface area contributed by atoms with Gasteiger partial charge in [0.25, 0.3) is 0 Å². The summed E-state index contributed by atoms with van der Waals surface area (Å²) in [4.78, 5) is 2.19. The minimum atomic E-state index is 0.0734. The van der Waals surface area contributed by atoms with Gasteiger partial charge in [0.2, 0.25) is 0 Å². The zero-order valence-corrected chi connectivity index (χ0v) is 11.8. The molecule has 1 atom stereocenters. The van der Waals surface area contributed by atoms with E-state index in [0.29, 0.717) is 19.8 Å². The Bertz CT molecular complexity index is 373. The van der Waals surface area contributed by atoms with Crippen LogP contribution in [0.5, 0.6) is 5.75 Å². The molecular weight excluding hydrogens is 298 g/mol. The zero-order chi connectivity index (χ0) is 12.8. The van der Waals surface area contributed by atoms with E-state index in [-0.39, 0.29) is 12.7 Å². The molecule has 18 heavy (non-hydrogen) atoms. The van der Waals surface area contributed by atoms with Crippen LogP contribution in [0, 0.1) is 0 Å². The van der Waals surface area contributed by atoms with E-state index in [0.717, 1.165) is 23.3 Å². The van der Waals surface area contributed by atoms with Crippen molar-refractivity contribution >= 4 is 15.9 Å². The molecule has 100 valence electrons. The average Bonchev–Trinajstić information content (AvgIpc) is 2.37. The molecule has 1 aliphatic heterocycles. The van der Waals surface area contributed by atoms with Gasteiger partial charge in [0.15, 0.2) is 0 Å². The van der Waals surface area contributed by atoms with Crippen LogP contribution in [0.3, 0.4) is 0 Å². The van der Waals surface area contributed by atoms with Crippen LogP contribution < -0.4 is 4.74 Å². The van der Waals surface area contributed by atoms with Crippen molar-refractivity contribution in [3.63, 3.8) is 0 Å². The fourth-order valence-corrected chi connectivity index (χ4v) is 2.35. The SMILES string of the molecule is OCCN1CCO[C@@H](COc2cccc(Br)c2)C1. The molecule has 5 heteroatoms. The van der Waals surface area contributed by atoms with E-state index in [1.807, 2.05) is 24.3 Å². The van der Waals surface area contributed by atoms with Crippen LogP contribution in [0.1, 0.15) is 0 Å². The molecule has 0 aromatic heterocycles. The van der Waals surface area contributed by atoms with Gasteiger partial charge in [0, 0.05) is 24.1 Å². The summed E-state index contributed by atoms with van der Waals surface area (Å²) in [6, 6.07) is 7.78. The number of aliphatic hydroxyl groups excluding tert-OH is 1. The molecule has 1 aromatic carbocycles. The number of halogens is 1. The maximum Gasteiger partial charge on any atom is 0.120 e. The highest BCUT2D eigenvalue weighted by Crippen LogP contribution is 2.18. The molecule has 0 radical (unpaired) electrons. The lowest BCUT2D eigenvalue weighted by Gasteiger charge is -2.32. The minimum absolute atomic E-state index is 0.0734. The normalized spacial score (nSPS) is 20.9. The summed E-state index contributed by atoms with van der Waals surface area (Å²) in [5.74, 6) is 0.840. The maximum atomic E-state index is 8.92. The number of rotatable bonds is 5. The van der Waals surface area contributed by atoms with Crippen molar-refractivity contribution in [1.82, 2.24) is 4.90 Å². The van der Waals surface area contributed by atoms with E-state index in [4.69, 9.17) is 14.6 Å². The van der Waals surface area contributed by atoms with E-state index in [1.54, 1.807) is 0 Å². The van der Waals surface area contributed by atoms with Gasteiger partial charge in [-0.05, 0) is 18.2 Å². The molecule has 1 heterocycles. The standard InChI is InChI=1S/C13H18BrNO3/c14-11-2-1-3-12(8-11)18-10-13-9-15(4-6-16)5-7-17-13/h1-3,8,13,16H,4-7,9-10H2/t13-/m1/s1. The molecule has 1 N–H and O–H groups in total. The van der Waals surface area contributed by atoms with Gasteiger partial charge in [0.05, 0.1) is 13.2 Å². The lowest BCUT2D eigenvalue weighted by atomic mass is 10.3. The smallest absolute Gasteiger partial charge is 0.120 e. The average molecular weight is 316 g/mol. The Labute approximate surface area is 116 Å². The van der Waals surface area contributed by atoms with Crippen molar-refractivity contribution in [2.24, 2.45) is 0 Å². The van der Waals surface area contributed by atoms with Crippen molar-refractivity contribution in [1.29, 1.82) is 0 Å². The Balaban J connectivity index is 1.79. The largest absolute Gasteiger partial charge is 0.491 e. The highest BCUT2D eigenvalue weighted by Gasteiger charge is 2.20. The lowest BCUT2D eigenvalue weighted by molar-refractivity contribution is -0.0508. The first-order valence-corrected chi connectivity index (χ1v) is 6.90. The first-order valence-electron chi connectivity index (χ1n) is 6.11. The topological polar surface area (TPSA) is 41.9 Å². The Morgan fingerprint density at radius 3 is 3.17 bits per heavy atom. The number of aliphatic hydroxyl groups is 1. The van der Waals surface area contributed by atoms with Crippen LogP contribution in [0.4, 0.5) is 0 Å². The molecule has 0 unspecified atom stereocenters. The first kappa shape index (κ1) is 13.8. The second kappa shape index (κ2) is 7.09. The first-order chi connectivity index (χ1) is 8.78. The second-order valence-electron chi connectivity index (χ2n) is 4.29. The highest BCUT2D eigenvalue weighted by molar-refractivity contribution is 9.10. The van der Waals surface area contributed by atoms with Gasteiger partial charge in [-0.15, -0.1) is 0 Å². The summed E-state index contributed by atoms with van der Waals surface area (Å²) in [7, 11) is 0. The van der Waals surface area contributed by atoms with Crippen molar-refractivity contribution in [3.8, 4) is 5.75 Å². The summed E-state index contributed by atoms with van der Waals surface area (Å²) in [5, 5.41) is 8.92. The number of ether oxygens (including phenoxy) is 2. The molecule has 4 nitrogen and oxygen atoms in total. The predicted molar refractivity (Wildman–Crippen MR) is 72.9 cm³/mol. The fourth-order valence-electron chi connectivity index (χ4n) is 1.97. The highest BCUT2D eigenvalue weighted by atomic mass is 79.9. The van der Waals surface area contributed by atoms with E-state index >= 15 is 0 Å². The van der Waals surface area contributed by atoms with Gasteiger partial charge in [-0.2, -0.15) is 0 Å². The monoisotopic (exact) mass is 315 g/mol. The zero-order valence-electron chi connectivity index (χ0n) is 10.2. The lowest BCUT2D eigenvalue weighted by Crippen LogP contribution is -2.45. The molecule has 0 amide bonds. The molecule has 0 aliphatic carbocycles. The summed E-state index contributed by atoms with van der Waals surface area (Å²) >= 11 is 3.41. The number of benzene rings is 1. The Hall–Kier alpha value is -0.620. The molecule has 0 bridgehead atoms. The molecular formula is C13H18BrNO3. The minimum Gasteiger partial charge on any atom is -0.491 e. The van der Waals surface area contributed by atoms with Crippen LogP contribution in [0.2, 0.25) is 0 Å². The third-order valence-electron chi connectivity index (χ3n) is 2.87. The van der Waals surface area contributed by atoms with Gasteiger partial charge < -0.3 is 14.6 Å². The maximum absolute atomic E-state index is 8.92. The van der Waals surface area contributed by atoms with Crippen LogP contribution in [-0.4, -0.2) is 55.6 Å². The molecule has 0 spiro atoms.